The third kappa shape index (κ3) is 2.12. The van der Waals surface area contributed by atoms with E-state index in [1.54, 1.807) is 7.11 Å². The van der Waals surface area contributed by atoms with Gasteiger partial charge in [0.2, 0.25) is 0 Å². The molecule has 0 N–H and O–H groups in total. The van der Waals surface area contributed by atoms with Gasteiger partial charge < -0.3 is 10.1 Å². The van der Waals surface area contributed by atoms with Gasteiger partial charge in [-0.3, -0.25) is 0 Å². The van der Waals surface area contributed by atoms with E-state index in [2.05, 4.69) is 81.8 Å². The van der Waals surface area contributed by atoms with Crippen molar-refractivity contribution in [3.63, 3.8) is 0 Å². The summed E-state index contributed by atoms with van der Waals surface area (Å²) in [7, 11) is 1.70. The highest BCUT2D eigenvalue weighted by Crippen LogP contribution is 2.26. The van der Waals surface area contributed by atoms with Gasteiger partial charge in [-0.25, -0.2) is 0 Å². The van der Waals surface area contributed by atoms with E-state index in [1.807, 2.05) is 6.07 Å². The van der Waals surface area contributed by atoms with Gasteiger partial charge >= 0.3 is 0 Å². The summed E-state index contributed by atoms with van der Waals surface area (Å²) < 4.78 is 9.91. The number of fused-ring (bicyclic) bond motifs is 7. The van der Waals surface area contributed by atoms with Gasteiger partial charge in [-0.15, -0.1) is 12.2 Å². The Morgan fingerprint density at radius 1 is 0.962 bits per heavy atom. The Morgan fingerprint density at radius 3 is 2.69 bits per heavy atom. The van der Waals surface area contributed by atoms with Gasteiger partial charge in [0.1, 0.15) is 23.0 Å². The normalized spacial score (nSPS) is 11.6. The lowest BCUT2D eigenvalue weighted by Crippen LogP contribution is -2.19. The maximum atomic E-state index is 5.37. The number of pyridine rings is 2. The molecule has 5 rings (SSSR count). The van der Waals surface area contributed by atoms with E-state index < -0.39 is 0 Å². The summed E-state index contributed by atoms with van der Waals surface area (Å²) in [5.41, 5.74) is 5.69. The van der Waals surface area contributed by atoms with Crippen molar-refractivity contribution >= 4 is 38.7 Å². The Kier molecular flexibility index (Phi) is 3.25. The molecular formula is C22H19N3O. The van der Waals surface area contributed by atoms with Gasteiger partial charge in [-0.05, 0) is 42.5 Å². The molecule has 26 heavy (non-hydrogen) atoms. The molecule has 3 aromatic heterocycles. The molecule has 5 aromatic rings. The highest BCUT2D eigenvalue weighted by molar-refractivity contribution is 5.87. The lowest BCUT2D eigenvalue weighted by Gasteiger charge is -2.17. The number of aromatic nitrogens is 2. The number of ether oxygens (including phenoxy) is 1. The summed E-state index contributed by atoms with van der Waals surface area (Å²) in [6.45, 7) is 2.86. The van der Waals surface area contributed by atoms with Gasteiger partial charge in [0.05, 0.1) is 7.11 Å². The third-order valence-corrected chi connectivity index (χ3v) is 4.93. The molecule has 0 amide bonds. The smallest absolute Gasteiger partial charge is 0.292 e. The Labute approximate surface area is 151 Å². The fourth-order valence-corrected chi connectivity index (χ4v) is 3.74. The van der Waals surface area contributed by atoms with Crippen LogP contribution in [0.25, 0.3) is 38.3 Å². The molecule has 0 aliphatic carbocycles. The molecule has 4 nitrogen and oxygen atoms in total. The summed E-state index contributed by atoms with van der Waals surface area (Å²) in [5.74, 6) is 0.874. The summed E-state index contributed by atoms with van der Waals surface area (Å²) in [6.07, 6.45) is 2.19. The average molecular weight is 341 g/mol. The van der Waals surface area contributed by atoms with Gasteiger partial charge in [-0.2, -0.15) is 8.80 Å². The maximum Gasteiger partial charge on any atom is 0.292 e. The molecular weight excluding hydrogens is 322 g/mol. The first-order valence-corrected chi connectivity index (χ1v) is 8.82. The van der Waals surface area contributed by atoms with Crippen LogP contribution in [0, 0.1) is 0 Å². The molecule has 0 aliphatic heterocycles. The third-order valence-electron chi connectivity index (χ3n) is 4.93. The summed E-state index contributed by atoms with van der Waals surface area (Å²) in [6, 6.07) is 21.2. The van der Waals surface area contributed by atoms with Crippen molar-refractivity contribution in [3.05, 3.63) is 72.2 Å². The molecule has 2 aromatic carbocycles. The van der Waals surface area contributed by atoms with Crippen LogP contribution in [0.2, 0.25) is 0 Å². The first kappa shape index (κ1) is 15.0. The van der Waals surface area contributed by atoms with Crippen molar-refractivity contribution in [1.82, 2.24) is 4.40 Å². The quantitative estimate of drug-likeness (QED) is 0.424. The molecule has 0 unspecified atom stereocenters. The average Bonchev–Trinajstić information content (AvgIpc) is 3.07. The zero-order chi connectivity index (χ0) is 17.7. The van der Waals surface area contributed by atoms with Crippen molar-refractivity contribution in [1.29, 1.82) is 0 Å². The molecule has 3 heterocycles. The summed E-state index contributed by atoms with van der Waals surface area (Å²) >= 11 is 0. The van der Waals surface area contributed by atoms with Gasteiger partial charge in [0.25, 0.3) is 5.65 Å². The van der Waals surface area contributed by atoms with E-state index in [9.17, 15) is 0 Å². The van der Waals surface area contributed by atoms with Gasteiger partial charge in [0, 0.05) is 16.8 Å². The van der Waals surface area contributed by atoms with Gasteiger partial charge in [0.15, 0.2) is 5.52 Å². The number of benzene rings is 2. The topological polar surface area (TPSA) is 31.8 Å². The van der Waals surface area contributed by atoms with Crippen molar-refractivity contribution < 1.29 is 9.14 Å². The lowest BCUT2D eigenvalue weighted by atomic mass is 10.2. The predicted molar refractivity (Wildman–Crippen MR) is 106 cm³/mol. The first-order chi connectivity index (χ1) is 12.8. The number of rotatable bonds is 3. The highest BCUT2D eigenvalue weighted by atomic mass is 16.5. The molecule has 0 bridgehead atoms. The largest absolute Gasteiger partial charge is 0.684 e. The molecule has 0 saturated carbocycles. The van der Waals surface area contributed by atoms with Crippen LogP contribution in [-0.2, 0) is 0 Å². The molecule has 128 valence electrons. The second-order valence-electron chi connectivity index (χ2n) is 6.43. The minimum atomic E-state index is 0.798. The van der Waals surface area contributed by atoms with E-state index in [1.165, 1.54) is 16.4 Å². The molecule has 0 atom stereocenters. The lowest BCUT2D eigenvalue weighted by molar-refractivity contribution is -0.479. The Bertz CT molecular complexity index is 1290. The van der Waals surface area contributed by atoms with Crippen LogP contribution < -0.4 is 9.14 Å². The molecule has 0 radical (unpaired) electrons. The Balaban J connectivity index is 1.85. The standard InChI is InChI=1S/C22H19N3O/c1-3-23-17-6-9-20-15(12-17)5-11-22-24(20)14-18-7-4-16-13-19(26-2)8-10-21(16)25(18)22/h4-14H,3H2,1-2H3. The van der Waals surface area contributed by atoms with Crippen molar-refractivity contribution in [2.24, 2.45) is 0 Å². The zero-order valence-corrected chi connectivity index (χ0v) is 14.8. The molecule has 0 aliphatic rings. The fourth-order valence-electron chi connectivity index (χ4n) is 3.74. The highest BCUT2D eigenvalue weighted by Gasteiger charge is 2.16. The van der Waals surface area contributed by atoms with Crippen LogP contribution in [0.4, 0.5) is 5.69 Å². The number of methoxy groups -OCH3 is 1. The number of hydrogen-bond donors (Lipinski definition) is 0. The minimum absolute atomic E-state index is 0.798. The van der Waals surface area contributed by atoms with Gasteiger partial charge in [-0.1, -0.05) is 19.1 Å². The molecule has 0 fully saturated rings. The van der Waals surface area contributed by atoms with E-state index >= 15 is 0 Å². The maximum absolute atomic E-state index is 5.37. The first-order valence-electron chi connectivity index (χ1n) is 8.82. The monoisotopic (exact) mass is 341 g/mol. The fraction of sp³-hybridized carbons (Fsp3) is 0.136. The Hall–Kier alpha value is -3.27. The second-order valence-corrected chi connectivity index (χ2v) is 6.43. The van der Waals surface area contributed by atoms with E-state index in [0.717, 1.165) is 34.5 Å². The van der Waals surface area contributed by atoms with E-state index in [4.69, 9.17) is 4.74 Å². The van der Waals surface area contributed by atoms with Crippen molar-refractivity contribution in [2.75, 3.05) is 13.7 Å². The van der Waals surface area contributed by atoms with Crippen LogP contribution in [0.15, 0.2) is 66.9 Å². The molecule has 0 saturated heterocycles. The van der Waals surface area contributed by atoms with Crippen LogP contribution in [0.1, 0.15) is 6.92 Å². The Morgan fingerprint density at radius 2 is 1.85 bits per heavy atom. The number of hydrogen-bond acceptors (Lipinski definition) is 1. The molecule has 0 spiro atoms. The van der Waals surface area contributed by atoms with E-state index in [0.29, 0.717) is 0 Å². The SMILES string of the molecule is CC[N-]c1ccc2c(ccc3n4c(ccc5cc(OC)ccc54)c[n+]23)c1. The summed E-state index contributed by atoms with van der Waals surface area (Å²) in [5, 5.41) is 6.86. The number of imidazole rings is 1. The van der Waals surface area contributed by atoms with Crippen molar-refractivity contribution in [2.45, 2.75) is 6.92 Å². The number of nitrogens with zero attached hydrogens (tertiary/aromatic N) is 3. The second kappa shape index (κ2) is 5.63. The molecule has 4 heteroatoms. The zero-order valence-electron chi connectivity index (χ0n) is 14.8. The van der Waals surface area contributed by atoms with Crippen LogP contribution in [0.3, 0.4) is 0 Å². The van der Waals surface area contributed by atoms with Crippen LogP contribution >= 0.6 is 0 Å². The predicted octanol–water partition coefficient (Wildman–Crippen LogP) is 5.02. The summed E-state index contributed by atoms with van der Waals surface area (Å²) in [4.78, 5) is 0. The van der Waals surface area contributed by atoms with E-state index in [-0.39, 0.29) is 0 Å². The van der Waals surface area contributed by atoms with Crippen LogP contribution in [0.5, 0.6) is 5.75 Å². The van der Waals surface area contributed by atoms with Crippen molar-refractivity contribution in [3.8, 4) is 5.75 Å². The van der Waals surface area contributed by atoms with Crippen LogP contribution in [-0.4, -0.2) is 18.1 Å². The minimum Gasteiger partial charge on any atom is -0.684 e.